The van der Waals surface area contributed by atoms with E-state index in [0.29, 0.717) is 6.04 Å². The van der Waals surface area contributed by atoms with Gasteiger partial charge in [-0.1, -0.05) is 6.92 Å². The molecule has 0 fully saturated rings. The van der Waals surface area contributed by atoms with Gasteiger partial charge >= 0.3 is 0 Å². The maximum absolute atomic E-state index is 5.12. The van der Waals surface area contributed by atoms with Crippen LogP contribution in [0.25, 0.3) is 0 Å². The largest absolute Gasteiger partial charge is 0.383 e. The summed E-state index contributed by atoms with van der Waals surface area (Å²) >= 11 is 1.84. The Labute approximate surface area is 113 Å². The van der Waals surface area contributed by atoms with Crippen LogP contribution in [0.4, 0.5) is 5.13 Å². The summed E-state index contributed by atoms with van der Waals surface area (Å²) in [6.45, 7) is 4.81. The van der Waals surface area contributed by atoms with Crippen molar-refractivity contribution in [1.82, 2.24) is 10.3 Å². The zero-order valence-electron chi connectivity index (χ0n) is 11.5. The quantitative estimate of drug-likeness (QED) is 0.859. The fourth-order valence-corrected chi connectivity index (χ4v) is 3.49. The Bertz CT molecular complexity index is 380. The summed E-state index contributed by atoms with van der Waals surface area (Å²) in [5.41, 5.74) is 1.28. The van der Waals surface area contributed by atoms with Gasteiger partial charge in [-0.3, -0.25) is 0 Å². The first-order valence-electron chi connectivity index (χ1n) is 6.69. The second kappa shape index (κ2) is 6.50. The number of aryl methyl sites for hydroxylation is 1. The zero-order valence-corrected chi connectivity index (χ0v) is 12.3. The minimum Gasteiger partial charge on any atom is -0.383 e. The van der Waals surface area contributed by atoms with Crippen LogP contribution < -0.4 is 10.2 Å². The van der Waals surface area contributed by atoms with E-state index in [2.05, 4.69) is 24.2 Å². The van der Waals surface area contributed by atoms with E-state index in [1.165, 1.54) is 29.8 Å². The standard InChI is InChI=1S/C13H23N3OS/c1-4-14-10-6-5-7-11-12(10)15-13(18-11)16(2)8-9-17-3/h10,14H,4-9H2,1-3H3. The summed E-state index contributed by atoms with van der Waals surface area (Å²) in [5.74, 6) is 0. The summed E-state index contributed by atoms with van der Waals surface area (Å²) in [5, 5.41) is 4.66. The van der Waals surface area contributed by atoms with Crippen molar-refractivity contribution in [3.8, 4) is 0 Å². The van der Waals surface area contributed by atoms with E-state index < -0.39 is 0 Å². The molecular weight excluding hydrogens is 246 g/mol. The molecule has 1 aliphatic rings. The van der Waals surface area contributed by atoms with Gasteiger partial charge < -0.3 is 15.0 Å². The zero-order chi connectivity index (χ0) is 13.0. The van der Waals surface area contributed by atoms with E-state index in [4.69, 9.17) is 9.72 Å². The van der Waals surface area contributed by atoms with Crippen LogP contribution in [0.15, 0.2) is 0 Å². The normalized spacial score (nSPS) is 18.7. The second-order valence-electron chi connectivity index (χ2n) is 4.72. The number of anilines is 1. The Morgan fingerprint density at radius 2 is 2.39 bits per heavy atom. The van der Waals surface area contributed by atoms with Gasteiger partial charge in [-0.05, 0) is 25.8 Å². The average Bonchev–Trinajstić information content (AvgIpc) is 2.81. The first-order valence-corrected chi connectivity index (χ1v) is 7.51. The maximum atomic E-state index is 5.12. The third kappa shape index (κ3) is 3.02. The monoisotopic (exact) mass is 269 g/mol. The summed E-state index contributed by atoms with van der Waals surface area (Å²) in [6, 6.07) is 0.458. The number of ether oxygens (including phenoxy) is 1. The number of hydrogen-bond acceptors (Lipinski definition) is 5. The highest BCUT2D eigenvalue weighted by Gasteiger charge is 2.24. The van der Waals surface area contributed by atoms with Gasteiger partial charge in [0.2, 0.25) is 0 Å². The first-order chi connectivity index (χ1) is 8.76. The van der Waals surface area contributed by atoms with E-state index >= 15 is 0 Å². The molecule has 5 heteroatoms. The van der Waals surface area contributed by atoms with E-state index in [-0.39, 0.29) is 0 Å². The number of nitrogens with zero attached hydrogens (tertiary/aromatic N) is 2. The fourth-order valence-electron chi connectivity index (χ4n) is 2.34. The van der Waals surface area contributed by atoms with E-state index in [1.54, 1.807) is 7.11 Å². The smallest absolute Gasteiger partial charge is 0.185 e. The van der Waals surface area contributed by atoms with Crippen molar-refractivity contribution in [1.29, 1.82) is 0 Å². The van der Waals surface area contributed by atoms with Gasteiger partial charge in [0, 0.05) is 25.6 Å². The minimum absolute atomic E-state index is 0.458. The van der Waals surface area contributed by atoms with Crippen molar-refractivity contribution < 1.29 is 4.74 Å². The molecule has 0 amide bonds. The molecule has 0 aromatic carbocycles. The lowest BCUT2D eigenvalue weighted by molar-refractivity contribution is 0.206. The van der Waals surface area contributed by atoms with Gasteiger partial charge in [0.1, 0.15) is 0 Å². The number of rotatable bonds is 6. The first kappa shape index (κ1) is 13.8. The molecule has 1 aromatic heterocycles. The van der Waals surface area contributed by atoms with Crippen LogP contribution in [0.2, 0.25) is 0 Å². The molecule has 0 radical (unpaired) electrons. The number of nitrogens with one attached hydrogen (secondary N) is 1. The second-order valence-corrected chi connectivity index (χ2v) is 5.78. The van der Waals surface area contributed by atoms with Crippen LogP contribution in [0.5, 0.6) is 0 Å². The van der Waals surface area contributed by atoms with Crippen molar-refractivity contribution in [2.24, 2.45) is 0 Å². The minimum atomic E-state index is 0.458. The Morgan fingerprint density at radius 1 is 1.56 bits per heavy atom. The Hall–Kier alpha value is -0.650. The molecule has 1 N–H and O–H groups in total. The maximum Gasteiger partial charge on any atom is 0.185 e. The molecule has 0 saturated carbocycles. The molecule has 0 saturated heterocycles. The predicted octanol–water partition coefficient (Wildman–Crippen LogP) is 2.21. The van der Waals surface area contributed by atoms with Crippen LogP contribution in [0.1, 0.15) is 36.4 Å². The van der Waals surface area contributed by atoms with Crippen molar-refractivity contribution in [3.63, 3.8) is 0 Å². The number of fused-ring (bicyclic) bond motifs is 1. The Balaban J connectivity index is 2.11. The molecule has 102 valence electrons. The molecule has 2 rings (SSSR count). The van der Waals surface area contributed by atoms with Crippen LogP contribution in [-0.4, -0.2) is 38.8 Å². The van der Waals surface area contributed by atoms with Gasteiger partial charge in [-0.25, -0.2) is 4.98 Å². The lowest BCUT2D eigenvalue weighted by Crippen LogP contribution is -2.25. The van der Waals surface area contributed by atoms with Gasteiger partial charge in [-0.2, -0.15) is 0 Å². The molecule has 18 heavy (non-hydrogen) atoms. The lowest BCUT2D eigenvalue weighted by atomic mass is 9.98. The highest BCUT2D eigenvalue weighted by Crippen LogP contribution is 2.36. The number of aromatic nitrogens is 1. The molecule has 0 aliphatic heterocycles. The van der Waals surface area contributed by atoms with Gasteiger partial charge in [0.15, 0.2) is 5.13 Å². The number of methoxy groups -OCH3 is 1. The van der Waals surface area contributed by atoms with Crippen LogP contribution in [0.3, 0.4) is 0 Å². The molecule has 1 atom stereocenters. The Kier molecular flexibility index (Phi) is 4.97. The van der Waals surface area contributed by atoms with Crippen molar-refractivity contribution in [2.45, 2.75) is 32.2 Å². The van der Waals surface area contributed by atoms with Crippen molar-refractivity contribution in [3.05, 3.63) is 10.6 Å². The SMILES string of the molecule is CCNC1CCCc2sc(N(C)CCOC)nc21. The predicted molar refractivity (Wildman–Crippen MR) is 76.6 cm³/mol. The average molecular weight is 269 g/mol. The molecule has 1 aromatic rings. The topological polar surface area (TPSA) is 37.4 Å². The lowest BCUT2D eigenvalue weighted by Gasteiger charge is -2.21. The van der Waals surface area contributed by atoms with Crippen molar-refractivity contribution in [2.75, 3.05) is 38.8 Å². The summed E-state index contributed by atoms with van der Waals surface area (Å²) in [6.07, 6.45) is 3.67. The molecule has 1 aliphatic carbocycles. The molecule has 1 unspecified atom stereocenters. The fraction of sp³-hybridized carbons (Fsp3) is 0.769. The van der Waals surface area contributed by atoms with Crippen LogP contribution in [0, 0.1) is 0 Å². The number of likely N-dealkylation sites (N-methyl/N-ethyl adjacent to an activating group) is 1. The third-order valence-electron chi connectivity index (χ3n) is 3.35. The van der Waals surface area contributed by atoms with E-state index in [1.807, 2.05) is 11.3 Å². The van der Waals surface area contributed by atoms with Gasteiger partial charge in [-0.15, -0.1) is 11.3 Å². The van der Waals surface area contributed by atoms with Crippen molar-refractivity contribution >= 4 is 16.5 Å². The third-order valence-corrected chi connectivity index (χ3v) is 4.60. The highest BCUT2D eigenvalue weighted by molar-refractivity contribution is 7.15. The molecule has 4 nitrogen and oxygen atoms in total. The van der Waals surface area contributed by atoms with Crippen LogP contribution >= 0.6 is 11.3 Å². The van der Waals surface area contributed by atoms with Gasteiger partial charge in [0.25, 0.3) is 0 Å². The van der Waals surface area contributed by atoms with E-state index in [0.717, 1.165) is 24.8 Å². The summed E-state index contributed by atoms with van der Waals surface area (Å²) in [7, 11) is 3.83. The summed E-state index contributed by atoms with van der Waals surface area (Å²) in [4.78, 5) is 8.48. The van der Waals surface area contributed by atoms with E-state index in [9.17, 15) is 0 Å². The number of hydrogen-bond donors (Lipinski definition) is 1. The molecule has 0 bridgehead atoms. The molecular formula is C13H23N3OS. The molecule has 1 heterocycles. The van der Waals surface area contributed by atoms with Gasteiger partial charge in [0.05, 0.1) is 18.3 Å². The Morgan fingerprint density at radius 3 is 3.11 bits per heavy atom. The molecule has 0 spiro atoms. The number of thiazole rings is 1. The van der Waals surface area contributed by atoms with Crippen LogP contribution in [-0.2, 0) is 11.2 Å². The highest BCUT2D eigenvalue weighted by atomic mass is 32.1. The summed E-state index contributed by atoms with van der Waals surface area (Å²) < 4.78 is 5.12.